The van der Waals surface area contributed by atoms with Gasteiger partial charge in [-0.2, -0.15) is 11.8 Å². The van der Waals surface area contributed by atoms with E-state index in [4.69, 9.17) is 0 Å². The Bertz CT molecular complexity index is 665. The number of guanidine groups is 1. The Morgan fingerprint density at radius 1 is 1.31 bits per heavy atom. The van der Waals surface area contributed by atoms with Crippen molar-refractivity contribution in [2.45, 2.75) is 32.1 Å². The molecule has 0 aliphatic carbocycles. The van der Waals surface area contributed by atoms with E-state index in [1.165, 1.54) is 0 Å². The predicted molar refractivity (Wildman–Crippen MR) is 111 cm³/mol. The van der Waals surface area contributed by atoms with Crippen molar-refractivity contribution >= 4 is 27.7 Å². The molecule has 1 heterocycles. The first-order valence-corrected chi connectivity index (χ1v) is 11.9. The lowest BCUT2D eigenvalue weighted by molar-refractivity contribution is 0.408. The molecule has 0 aromatic heterocycles. The van der Waals surface area contributed by atoms with Crippen LogP contribution in [0, 0.1) is 0 Å². The quantitative estimate of drug-likeness (QED) is 0.517. The first-order valence-electron chi connectivity index (χ1n) is 9.20. The maximum Gasteiger partial charge on any atom is 0.213 e. The minimum absolute atomic E-state index is 0.00543. The summed E-state index contributed by atoms with van der Waals surface area (Å²) >= 11 is 2.00. The van der Waals surface area contributed by atoms with Crippen LogP contribution in [-0.4, -0.2) is 62.2 Å². The number of hydrogen-bond acceptors (Lipinski definition) is 4. The molecule has 1 atom stereocenters. The SMILES string of the molecule is CCNC(=NCCS(=O)(=O)NCc1ccccc1)N1CCSC(CC)C1. The first kappa shape index (κ1) is 21.1. The molecule has 1 unspecified atom stereocenters. The van der Waals surface area contributed by atoms with E-state index in [1.807, 2.05) is 49.0 Å². The molecule has 6 nitrogen and oxygen atoms in total. The number of nitrogens with one attached hydrogen (secondary N) is 2. The first-order chi connectivity index (χ1) is 12.5. The topological polar surface area (TPSA) is 73.8 Å². The highest BCUT2D eigenvalue weighted by Crippen LogP contribution is 2.21. The molecule has 1 aromatic carbocycles. The summed E-state index contributed by atoms with van der Waals surface area (Å²) in [5.74, 6) is 1.90. The van der Waals surface area contributed by atoms with Gasteiger partial charge in [0.2, 0.25) is 10.0 Å². The van der Waals surface area contributed by atoms with Crippen LogP contribution in [0.3, 0.4) is 0 Å². The number of hydrogen-bond donors (Lipinski definition) is 2. The van der Waals surface area contributed by atoms with E-state index in [0.29, 0.717) is 11.8 Å². The number of thioether (sulfide) groups is 1. The van der Waals surface area contributed by atoms with Crippen LogP contribution in [0.4, 0.5) is 0 Å². The predicted octanol–water partition coefficient (Wildman–Crippen LogP) is 1.90. The minimum atomic E-state index is -3.34. The number of rotatable bonds is 8. The highest BCUT2D eigenvalue weighted by molar-refractivity contribution is 8.00. The molecule has 0 saturated carbocycles. The van der Waals surface area contributed by atoms with Crippen molar-refractivity contribution in [3.8, 4) is 0 Å². The van der Waals surface area contributed by atoms with Gasteiger partial charge in [0.1, 0.15) is 0 Å². The number of nitrogens with zero attached hydrogens (tertiary/aromatic N) is 2. The fraction of sp³-hybridized carbons (Fsp3) is 0.611. The van der Waals surface area contributed by atoms with Crippen molar-refractivity contribution < 1.29 is 8.42 Å². The van der Waals surface area contributed by atoms with Crippen LogP contribution < -0.4 is 10.0 Å². The van der Waals surface area contributed by atoms with Crippen molar-refractivity contribution in [3.05, 3.63) is 35.9 Å². The summed E-state index contributed by atoms with van der Waals surface area (Å²) in [6, 6.07) is 9.52. The maximum absolute atomic E-state index is 12.2. The van der Waals surface area contributed by atoms with E-state index >= 15 is 0 Å². The number of benzene rings is 1. The van der Waals surface area contributed by atoms with Crippen molar-refractivity contribution in [1.82, 2.24) is 14.9 Å². The molecular weight excluding hydrogens is 368 g/mol. The molecule has 0 bridgehead atoms. The van der Waals surface area contributed by atoms with Gasteiger partial charge < -0.3 is 10.2 Å². The molecule has 1 saturated heterocycles. The summed E-state index contributed by atoms with van der Waals surface area (Å²) in [4.78, 5) is 6.80. The lowest BCUT2D eigenvalue weighted by Crippen LogP contribution is -2.48. The Morgan fingerprint density at radius 3 is 2.77 bits per heavy atom. The molecule has 1 fully saturated rings. The van der Waals surface area contributed by atoms with Gasteiger partial charge >= 0.3 is 0 Å². The van der Waals surface area contributed by atoms with Gasteiger partial charge in [-0.3, -0.25) is 4.99 Å². The summed E-state index contributed by atoms with van der Waals surface area (Å²) in [7, 11) is -3.34. The second-order valence-electron chi connectivity index (χ2n) is 6.21. The number of aliphatic imine (C=N–C) groups is 1. The smallest absolute Gasteiger partial charge is 0.213 e. The van der Waals surface area contributed by atoms with Crippen LogP contribution in [0.15, 0.2) is 35.3 Å². The molecule has 146 valence electrons. The zero-order valence-corrected chi connectivity index (χ0v) is 17.3. The number of sulfonamides is 1. The summed E-state index contributed by atoms with van der Waals surface area (Å²) in [6.07, 6.45) is 1.14. The van der Waals surface area contributed by atoms with Crippen LogP contribution in [0.5, 0.6) is 0 Å². The third-order valence-electron chi connectivity index (χ3n) is 4.19. The normalized spacial score (nSPS) is 18.8. The third-order valence-corrected chi connectivity index (χ3v) is 6.87. The van der Waals surface area contributed by atoms with E-state index in [2.05, 4.69) is 26.9 Å². The van der Waals surface area contributed by atoms with Gasteiger partial charge in [0.05, 0.1) is 12.3 Å². The fourth-order valence-corrected chi connectivity index (χ4v) is 4.76. The summed E-state index contributed by atoms with van der Waals surface area (Å²) in [5, 5.41) is 3.91. The lowest BCUT2D eigenvalue weighted by Gasteiger charge is -2.34. The largest absolute Gasteiger partial charge is 0.357 e. The summed E-state index contributed by atoms with van der Waals surface area (Å²) in [6.45, 7) is 7.50. The molecule has 0 amide bonds. The minimum Gasteiger partial charge on any atom is -0.357 e. The molecule has 2 rings (SSSR count). The highest BCUT2D eigenvalue weighted by Gasteiger charge is 2.21. The molecule has 1 aliphatic rings. The van der Waals surface area contributed by atoms with E-state index < -0.39 is 10.0 Å². The van der Waals surface area contributed by atoms with Crippen molar-refractivity contribution in [2.24, 2.45) is 4.99 Å². The average Bonchev–Trinajstić information content (AvgIpc) is 2.66. The second-order valence-corrected chi connectivity index (χ2v) is 9.54. The van der Waals surface area contributed by atoms with Gasteiger partial charge in [0.25, 0.3) is 0 Å². The Morgan fingerprint density at radius 2 is 2.08 bits per heavy atom. The van der Waals surface area contributed by atoms with E-state index in [1.54, 1.807) is 0 Å². The van der Waals surface area contributed by atoms with Crippen LogP contribution in [0.1, 0.15) is 25.8 Å². The Hall–Kier alpha value is -1.25. The molecule has 8 heteroatoms. The van der Waals surface area contributed by atoms with Crippen LogP contribution in [0.2, 0.25) is 0 Å². The third kappa shape index (κ3) is 7.17. The Kier molecular flexibility index (Phi) is 8.74. The standard InChI is InChI=1S/C18H30N4O2S2/c1-3-17-15-22(11-12-25-17)18(19-4-2)20-10-13-26(23,24)21-14-16-8-6-5-7-9-16/h5-9,17,21H,3-4,10-15H2,1-2H3,(H,19,20). The van der Waals surface area contributed by atoms with E-state index in [-0.39, 0.29) is 12.3 Å². The Labute approximate surface area is 161 Å². The Balaban J connectivity index is 1.87. The molecule has 0 spiro atoms. The molecule has 1 aliphatic heterocycles. The maximum atomic E-state index is 12.2. The van der Waals surface area contributed by atoms with Crippen LogP contribution in [-0.2, 0) is 16.6 Å². The molecule has 2 N–H and O–H groups in total. The van der Waals surface area contributed by atoms with Gasteiger partial charge in [-0.05, 0) is 18.9 Å². The monoisotopic (exact) mass is 398 g/mol. The van der Waals surface area contributed by atoms with Crippen LogP contribution >= 0.6 is 11.8 Å². The highest BCUT2D eigenvalue weighted by atomic mass is 32.2. The summed E-state index contributed by atoms with van der Waals surface area (Å²) in [5.41, 5.74) is 0.948. The molecular formula is C18H30N4O2S2. The molecule has 26 heavy (non-hydrogen) atoms. The lowest BCUT2D eigenvalue weighted by atomic mass is 10.2. The summed E-state index contributed by atoms with van der Waals surface area (Å²) < 4.78 is 27.0. The van der Waals surface area contributed by atoms with Gasteiger partial charge in [0.15, 0.2) is 5.96 Å². The van der Waals surface area contributed by atoms with Crippen molar-refractivity contribution in [3.63, 3.8) is 0 Å². The van der Waals surface area contributed by atoms with E-state index in [9.17, 15) is 8.42 Å². The van der Waals surface area contributed by atoms with Gasteiger partial charge in [0, 0.05) is 37.2 Å². The van der Waals surface area contributed by atoms with E-state index in [0.717, 1.165) is 43.3 Å². The molecule has 0 radical (unpaired) electrons. The van der Waals surface area contributed by atoms with Crippen LogP contribution in [0.25, 0.3) is 0 Å². The van der Waals surface area contributed by atoms with Gasteiger partial charge in [-0.15, -0.1) is 0 Å². The molecule has 1 aromatic rings. The average molecular weight is 399 g/mol. The van der Waals surface area contributed by atoms with Gasteiger partial charge in [-0.1, -0.05) is 37.3 Å². The fourth-order valence-electron chi connectivity index (χ4n) is 2.72. The van der Waals surface area contributed by atoms with Gasteiger partial charge in [-0.25, -0.2) is 13.1 Å². The van der Waals surface area contributed by atoms with Crippen molar-refractivity contribution in [2.75, 3.05) is 37.7 Å². The zero-order chi connectivity index (χ0) is 18.8. The second kappa shape index (κ2) is 10.8. The van der Waals surface area contributed by atoms with Crippen molar-refractivity contribution in [1.29, 1.82) is 0 Å². The zero-order valence-electron chi connectivity index (χ0n) is 15.6.